The standard InChI is InChI=1S/C26H39N5O6/c1-15(2)22(30-25(35)21-11-16(3)37-31-21)26(36)29-20(12-17-7-5-4-6-8-17)24(34)28-19(14-32)13-18-9-10-27-23(18)33/h11,14-15,17-20,22H,4-10,12-13H2,1-3H3,(H,27,33)(H,28,34)(H,29,36)(H,30,35)/t18-,19-,20-,22-/m0/s1. The molecule has 2 aliphatic rings. The molecule has 11 heteroatoms. The van der Waals surface area contributed by atoms with Crippen molar-refractivity contribution in [2.24, 2.45) is 17.8 Å². The number of nitrogens with zero attached hydrogens (tertiary/aromatic N) is 1. The Morgan fingerprint density at radius 1 is 1.08 bits per heavy atom. The smallest absolute Gasteiger partial charge is 0.274 e. The van der Waals surface area contributed by atoms with Crippen molar-refractivity contribution in [2.45, 2.75) is 90.3 Å². The van der Waals surface area contributed by atoms with Gasteiger partial charge < -0.3 is 30.6 Å². The minimum atomic E-state index is -0.907. The molecule has 0 spiro atoms. The van der Waals surface area contributed by atoms with Gasteiger partial charge in [-0.05, 0) is 38.0 Å². The third kappa shape index (κ3) is 8.13. The van der Waals surface area contributed by atoms with E-state index in [0.29, 0.717) is 31.4 Å². The number of aromatic nitrogens is 1. The number of carbonyl (C=O) groups is 5. The molecule has 3 rings (SSSR count). The highest BCUT2D eigenvalue weighted by Crippen LogP contribution is 2.27. The van der Waals surface area contributed by atoms with Crippen molar-refractivity contribution in [3.05, 3.63) is 17.5 Å². The quantitative estimate of drug-likeness (QED) is 0.305. The summed E-state index contributed by atoms with van der Waals surface area (Å²) in [5.74, 6) is -1.47. The molecule has 4 amide bonds. The van der Waals surface area contributed by atoms with E-state index < -0.39 is 35.8 Å². The van der Waals surface area contributed by atoms with Gasteiger partial charge in [0.25, 0.3) is 5.91 Å². The SMILES string of the molecule is Cc1cc(C(=O)N[C@H](C(=O)N[C@@H](CC2CCCCC2)C(=O)N[C@H](C=O)C[C@@H]2CCNC2=O)C(C)C)no1. The molecule has 4 N–H and O–H groups in total. The fourth-order valence-electron chi connectivity index (χ4n) is 5.08. The van der Waals surface area contributed by atoms with Gasteiger partial charge in [-0.15, -0.1) is 0 Å². The molecule has 2 heterocycles. The Hall–Kier alpha value is -3.24. The van der Waals surface area contributed by atoms with Crippen molar-refractivity contribution in [3.8, 4) is 0 Å². The highest BCUT2D eigenvalue weighted by atomic mass is 16.5. The molecule has 1 saturated heterocycles. The van der Waals surface area contributed by atoms with Crippen LogP contribution >= 0.6 is 0 Å². The summed E-state index contributed by atoms with van der Waals surface area (Å²) in [5, 5.41) is 14.7. The van der Waals surface area contributed by atoms with Crippen molar-refractivity contribution >= 4 is 29.9 Å². The number of aldehydes is 1. The highest BCUT2D eigenvalue weighted by molar-refractivity contribution is 5.97. The molecule has 0 radical (unpaired) electrons. The molecule has 1 aliphatic carbocycles. The second kappa shape index (κ2) is 13.3. The summed E-state index contributed by atoms with van der Waals surface area (Å²) in [6.07, 6.45) is 7.14. The number of rotatable bonds is 12. The summed E-state index contributed by atoms with van der Waals surface area (Å²) >= 11 is 0. The van der Waals surface area contributed by atoms with E-state index in [0.717, 1.165) is 32.1 Å². The van der Waals surface area contributed by atoms with Crippen LogP contribution in [0.15, 0.2) is 10.6 Å². The van der Waals surface area contributed by atoms with Gasteiger partial charge in [-0.2, -0.15) is 0 Å². The summed E-state index contributed by atoms with van der Waals surface area (Å²) in [5.41, 5.74) is 0.0669. The number of amides is 4. The van der Waals surface area contributed by atoms with Gasteiger partial charge in [-0.1, -0.05) is 51.1 Å². The molecule has 0 unspecified atom stereocenters. The summed E-state index contributed by atoms with van der Waals surface area (Å²) < 4.78 is 4.95. The lowest BCUT2D eigenvalue weighted by Crippen LogP contribution is -2.57. The summed E-state index contributed by atoms with van der Waals surface area (Å²) in [6, 6.07) is -1.13. The van der Waals surface area contributed by atoms with Gasteiger partial charge in [0, 0.05) is 18.5 Å². The largest absolute Gasteiger partial charge is 0.361 e. The van der Waals surface area contributed by atoms with E-state index >= 15 is 0 Å². The molecule has 1 aromatic heterocycles. The molecule has 1 aromatic rings. The van der Waals surface area contributed by atoms with Gasteiger partial charge in [0.15, 0.2) is 5.69 Å². The highest BCUT2D eigenvalue weighted by Gasteiger charge is 2.33. The van der Waals surface area contributed by atoms with Crippen molar-refractivity contribution in [1.29, 1.82) is 0 Å². The first-order valence-corrected chi connectivity index (χ1v) is 13.3. The van der Waals surface area contributed by atoms with Crippen LogP contribution < -0.4 is 21.3 Å². The van der Waals surface area contributed by atoms with Crippen LogP contribution in [0.1, 0.15) is 81.5 Å². The van der Waals surface area contributed by atoms with E-state index in [4.69, 9.17) is 4.52 Å². The normalized spacial score (nSPS) is 20.5. The van der Waals surface area contributed by atoms with Crippen LogP contribution in [0.5, 0.6) is 0 Å². The summed E-state index contributed by atoms with van der Waals surface area (Å²) in [7, 11) is 0. The van der Waals surface area contributed by atoms with Crippen LogP contribution in [-0.4, -0.2) is 59.7 Å². The van der Waals surface area contributed by atoms with E-state index in [2.05, 4.69) is 26.4 Å². The molecule has 1 aliphatic heterocycles. The maximum Gasteiger partial charge on any atom is 0.274 e. The van der Waals surface area contributed by atoms with Crippen LogP contribution in [0.2, 0.25) is 0 Å². The molecule has 11 nitrogen and oxygen atoms in total. The zero-order valence-electron chi connectivity index (χ0n) is 21.9. The first-order chi connectivity index (χ1) is 17.7. The van der Waals surface area contributed by atoms with Crippen molar-refractivity contribution < 1.29 is 28.5 Å². The third-order valence-corrected chi connectivity index (χ3v) is 7.22. The monoisotopic (exact) mass is 517 g/mol. The van der Waals surface area contributed by atoms with Crippen molar-refractivity contribution in [3.63, 3.8) is 0 Å². The molecule has 0 bridgehead atoms. The number of aryl methyl sites for hydroxylation is 1. The Morgan fingerprint density at radius 3 is 2.38 bits per heavy atom. The van der Waals surface area contributed by atoms with Gasteiger partial charge in [-0.3, -0.25) is 19.2 Å². The maximum atomic E-state index is 13.3. The van der Waals surface area contributed by atoms with Crippen LogP contribution in [0.25, 0.3) is 0 Å². The minimum absolute atomic E-state index is 0.0669. The second-order valence-electron chi connectivity index (χ2n) is 10.6. The van der Waals surface area contributed by atoms with Crippen LogP contribution in [0, 0.1) is 24.7 Å². The van der Waals surface area contributed by atoms with E-state index in [1.165, 1.54) is 6.07 Å². The molecule has 4 atom stereocenters. The average Bonchev–Trinajstić information content (AvgIpc) is 3.49. The fraction of sp³-hybridized carbons (Fsp3) is 0.692. The summed E-state index contributed by atoms with van der Waals surface area (Å²) in [4.78, 5) is 62.9. The lowest BCUT2D eigenvalue weighted by Gasteiger charge is -2.29. The zero-order chi connectivity index (χ0) is 26.9. The Labute approximate surface area is 217 Å². The van der Waals surface area contributed by atoms with Crippen LogP contribution in [-0.2, 0) is 19.2 Å². The lowest BCUT2D eigenvalue weighted by molar-refractivity contribution is -0.132. The number of nitrogens with one attached hydrogen (secondary N) is 4. The van der Waals surface area contributed by atoms with Crippen LogP contribution in [0.3, 0.4) is 0 Å². The maximum absolute atomic E-state index is 13.3. The average molecular weight is 518 g/mol. The first kappa shape index (κ1) is 28.3. The molecular weight excluding hydrogens is 478 g/mol. The molecule has 204 valence electrons. The zero-order valence-corrected chi connectivity index (χ0v) is 21.9. The van der Waals surface area contributed by atoms with Gasteiger partial charge >= 0.3 is 0 Å². The van der Waals surface area contributed by atoms with Gasteiger partial charge in [0.1, 0.15) is 24.1 Å². The Bertz CT molecular complexity index is 970. The molecule has 37 heavy (non-hydrogen) atoms. The van der Waals surface area contributed by atoms with Gasteiger partial charge in [-0.25, -0.2) is 0 Å². The Kier molecular flexibility index (Phi) is 10.2. The van der Waals surface area contributed by atoms with E-state index in [1.54, 1.807) is 20.8 Å². The minimum Gasteiger partial charge on any atom is -0.361 e. The fourth-order valence-corrected chi connectivity index (χ4v) is 5.08. The van der Waals surface area contributed by atoms with Crippen molar-refractivity contribution in [1.82, 2.24) is 26.4 Å². The Balaban J connectivity index is 1.69. The first-order valence-electron chi connectivity index (χ1n) is 13.3. The van der Waals surface area contributed by atoms with E-state index in [9.17, 15) is 24.0 Å². The lowest BCUT2D eigenvalue weighted by atomic mass is 9.84. The second-order valence-corrected chi connectivity index (χ2v) is 10.6. The van der Waals surface area contributed by atoms with Gasteiger partial charge in [0.2, 0.25) is 17.7 Å². The van der Waals surface area contributed by atoms with E-state index in [1.807, 2.05) is 0 Å². The summed E-state index contributed by atoms with van der Waals surface area (Å²) in [6.45, 7) is 5.81. The predicted molar refractivity (Wildman–Crippen MR) is 134 cm³/mol. The van der Waals surface area contributed by atoms with Crippen molar-refractivity contribution in [2.75, 3.05) is 6.54 Å². The molecular formula is C26H39N5O6. The Morgan fingerprint density at radius 2 is 1.81 bits per heavy atom. The number of hydrogen-bond acceptors (Lipinski definition) is 7. The topological polar surface area (TPSA) is 160 Å². The molecule has 0 aromatic carbocycles. The van der Waals surface area contributed by atoms with Gasteiger partial charge in [0.05, 0.1) is 6.04 Å². The third-order valence-electron chi connectivity index (χ3n) is 7.22. The number of hydrogen-bond donors (Lipinski definition) is 4. The predicted octanol–water partition coefficient (Wildman–Crippen LogP) is 1.40. The van der Waals surface area contributed by atoms with E-state index in [-0.39, 0.29) is 35.8 Å². The van der Waals surface area contributed by atoms with Crippen LogP contribution in [0.4, 0.5) is 0 Å². The molecule has 1 saturated carbocycles. The number of carbonyl (C=O) groups excluding carboxylic acids is 5. The molecule has 2 fully saturated rings.